The monoisotopic (exact) mass is 310 g/mol. The maximum Gasteiger partial charge on any atom is 0.270 e. The van der Waals surface area contributed by atoms with Crippen LogP contribution in [-0.4, -0.2) is 28.1 Å². The number of nitrogens with one attached hydrogen (secondary N) is 1. The number of ketones is 1. The molecule has 1 aromatic heterocycles. The molecular weight excluding hydrogens is 288 g/mol. The zero-order valence-electron chi connectivity index (χ0n) is 13.9. The average Bonchev–Trinajstić information content (AvgIpc) is 2.90. The first kappa shape index (κ1) is 15.5. The molecule has 1 aromatic carbocycles. The number of Topliss-reactive ketones (excluding diaryl/α,β-unsaturated/α-hetero) is 1. The average molecular weight is 310 g/mol. The lowest BCUT2D eigenvalue weighted by Crippen LogP contribution is -2.36. The van der Waals surface area contributed by atoms with E-state index in [0.717, 1.165) is 17.7 Å². The third-order valence-electron chi connectivity index (χ3n) is 4.63. The molecule has 3 rings (SSSR count). The summed E-state index contributed by atoms with van der Waals surface area (Å²) in [5.41, 5.74) is 5.41. The third-order valence-corrected chi connectivity index (χ3v) is 4.63. The van der Waals surface area contributed by atoms with Crippen LogP contribution in [0.5, 0.6) is 0 Å². The molecule has 0 saturated carbocycles. The maximum absolute atomic E-state index is 13.0. The van der Waals surface area contributed by atoms with Crippen LogP contribution in [0, 0.1) is 6.92 Å². The van der Waals surface area contributed by atoms with Crippen LogP contribution in [0.3, 0.4) is 0 Å². The molecule has 4 nitrogen and oxygen atoms in total. The van der Waals surface area contributed by atoms with Crippen molar-refractivity contribution in [1.29, 1.82) is 0 Å². The van der Waals surface area contributed by atoms with Crippen LogP contribution in [-0.2, 0) is 19.4 Å². The highest BCUT2D eigenvalue weighted by atomic mass is 16.2. The number of aromatic amines is 1. The smallest absolute Gasteiger partial charge is 0.270 e. The highest BCUT2D eigenvalue weighted by Gasteiger charge is 2.27. The Morgan fingerprint density at radius 2 is 1.91 bits per heavy atom. The van der Waals surface area contributed by atoms with Crippen LogP contribution in [0.4, 0.5) is 0 Å². The second kappa shape index (κ2) is 6.03. The van der Waals surface area contributed by atoms with Gasteiger partial charge in [0.25, 0.3) is 5.91 Å². The zero-order chi connectivity index (χ0) is 16.6. The minimum Gasteiger partial charge on any atom is -0.354 e. The Kier molecular flexibility index (Phi) is 4.07. The van der Waals surface area contributed by atoms with Crippen molar-refractivity contribution >= 4 is 11.7 Å². The molecular formula is C19H22N2O2. The fraction of sp³-hybridized carbons (Fsp3) is 0.368. The number of aromatic nitrogens is 1. The summed E-state index contributed by atoms with van der Waals surface area (Å²) in [7, 11) is 0. The lowest BCUT2D eigenvalue weighted by Gasteiger charge is -2.28. The van der Waals surface area contributed by atoms with E-state index in [9.17, 15) is 9.59 Å². The van der Waals surface area contributed by atoms with Crippen LogP contribution >= 0.6 is 0 Å². The van der Waals surface area contributed by atoms with E-state index < -0.39 is 0 Å². The number of hydrogen-bond acceptors (Lipinski definition) is 2. The van der Waals surface area contributed by atoms with Crippen molar-refractivity contribution in [3.63, 3.8) is 0 Å². The van der Waals surface area contributed by atoms with Gasteiger partial charge in [0.15, 0.2) is 5.78 Å². The Hall–Kier alpha value is -2.36. The molecule has 0 unspecified atom stereocenters. The van der Waals surface area contributed by atoms with Crippen molar-refractivity contribution in [3.8, 4) is 0 Å². The largest absolute Gasteiger partial charge is 0.354 e. The number of carbonyl (C=O) groups is 2. The van der Waals surface area contributed by atoms with Gasteiger partial charge in [0.1, 0.15) is 5.69 Å². The summed E-state index contributed by atoms with van der Waals surface area (Å²) in [6, 6.07) is 8.26. The number of benzene rings is 1. The molecule has 0 atom stereocenters. The summed E-state index contributed by atoms with van der Waals surface area (Å²) in [6.45, 7) is 6.74. The minimum atomic E-state index is -0.00745. The van der Waals surface area contributed by atoms with Crippen molar-refractivity contribution in [3.05, 3.63) is 57.9 Å². The fourth-order valence-electron chi connectivity index (χ4n) is 3.52. The summed E-state index contributed by atoms with van der Waals surface area (Å²) in [4.78, 5) is 29.9. The summed E-state index contributed by atoms with van der Waals surface area (Å²) in [5, 5.41) is 0. The molecule has 23 heavy (non-hydrogen) atoms. The van der Waals surface area contributed by atoms with Crippen LogP contribution in [0.25, 0.3) is 0 Å². The molecule has 1 aliphatic rings. The number of carbonyl (C=O) groups excluding carboxylic acids is 2. The Balaban J connectivity index is 1.93. The van der Waals surface area contributed by atoms with Crippen molar-refractivity contribution in [2.45, 2.75) is 40.2 Å². The molecule has 120 valence electrons. The summed E-state index contributed by atoms with van der Waals surface area (Å²) >= 11 is 0. The van der Waals surface area contributed by atoms with Gasteiger partial charge in [0, 0.05) is 24.3 Å². The van der Waals surface area contributed by atoms with E-state index in [0.29, 0.717) is 30.8 Å². The fourth-order valence-corrected chi connectivity index (χ4v) is 3.52. The molecule has 0 fully saturated rings. The van der Waals surface area contributed by atoms with Crippen molar-refractivity contribution in [1.82, 2.24) is 9.88 Å². The normalized spacial score (nSPS) is 13.8. The van der Waals surface area contributed by atoms with Gasteiger partial charge in [-0.3, -0.25) is 9.59 Å². The van der Waals surface area contributed by atoms with E-state index in [1.165, 1.54) is 11.1 Å². The Labute approximate surface area is 136 Å². The van der Waals surface area contributed by atoms with Crippen LogP contribution < -0.4 is 0 Å². The van der Waals surface area contributed by atoms with Crippen molar-refractivity contribution in [2.75, 3.05) is 6.54 Å². The van der Waals surface area contributed by atoms with Gasteiger partial charge < -0.3 is 9.88 Å². The summed E-state index contributed by atoms with van der Waals surface area (Å²) < 4.78 is 0. The molecule has 0 aliphatic carbocycles. The molecule has 1 N–H and O–H groups in total. The molecule has 2 heterocycles. The topological polar surface area (TPSA) is 53.2 Å². The van der Waals surface area contributed by atoms with Gasteiger partial charge in [-0.15, -0.1) is 0 Å². The molecule has 0 radical (unpaired) electrons. The number of hydrogen-bond donors (Lipinski definition) is 1. The van der Waals surface area contributed by atoms with Gasteiger partial charge in [0.05, 0.1) is 0 Å². The quantitative estimate of drug-likeness (QED) is 0.885. The van der Waals surface area contributed by atoms with Crippen LogP contribution in [0.1, 0.15) is 57.1 Å². The van der Waals surface area contributed by atoms with Crippen LogP contribution in [0.2, 0.25) is 0 Å². The third kappa shape index (κ3) is 2.69. The molecule has 0 bridgehead atoms. The standard InChI is InChI=1S/C19H22N2O2/c1-4-16-17(13(3)22)12(2)20-18(16)19(23)21-10-9-14-7-5-6-8-15(14)11-21/h5-8,20H,4,9-11H2,1-3H3. The minimum absolute atomic E-state index is 0.00745. The second-order valence-electron chi connectivity index (χ2n) is 6.13. The molecule has 0 saturated heterocycles. The summed E-state index contributed by atoms with van der Waals surface area (Å²) in [6.07, 6.45) is 1.55. The first-order valence-corrected chi connectivity index (χ1v) is 8.11. The predicted octanol–water partition coefficient (Wildman–Crippen LogP) is 3.29. The number of rotatable bonds is 3. The SMILES string of the molecule is CCc1c(C(=O)N2CCc3ccccc3C2)[nH]c(C)c1C(C)=O. The van der Waals surface area contributed by atoms with Gasteiger partial charge in [-0.25, -0.2) is 0 Å². The van der Waals surface area contributed by atoms with Crippen molar-refractivity contribution in [2.24, 2.45) is 0 Å². The predicted molar refractivity (Wildman–Crippen MR) is 89.8 cm³/mol. The Morgan fingerprint density at radius 3 is 2.57 bits per heavy atom. The zero-order valence-corrected chi connectivity index (χ0v) is 13.9. The number of fused-ring (bicyclic) bond motifs is 1. The first-order chi connectivity index (χ1) is 11.0. The second-order valence-corrected chi connectivity index (χ2v) is 6.13. The van der Waals surface area contributed by atoms with Gasteiger partial charge in [-0.1, -0.05) is 31.2 Å². The van der Waals surface area contributed by atoms with Crippen molar-refractivity contribution < 1.29 is 9.59 Å². The van der Waals surface area contributed by atoms with E-state index in [-0.39, 0.29) is 11.7 Å². The lowest BCUT2D eigenvalue weighted by atomic mass is 9.98. The number of H-pyrrole nitrogens is 1. The molecule has 4 heteroatoms. The van der Waals surface area contributed by atoms with E-state index in [2.05, 4.69) is 17.1 Å². The molecule has 0 spiro atoms. The first-order valence-electron chi connectivity index (χ1n) is 8.11. The maximum atomic E-state index is 13.0. The van der Waals surface area contributed by atoms with E-state index in [1.807, 2.05) is 30.9 Å². The van der Waals surface area contributed by atoms with Crippen LogP contribution in [0.15, 0.2) is 24.3 Å². The van der Waals surface area contributed by atoms with E-state index >= 15 is 0 Å². The number of amides is 1. The van der Waals surface area contributed by atoms with Gasteiger partial charge >= 0.3 is 0 Å². The Morgan fingerprint density at radius 1 is 1.22 bits per heavy atom. The molecule has 2 aromatic rings. The van der Waals surface area contributed by atoms with E-state index in [4.69, 9.17) is 0 Å². The molecule has 1 amide bonds. The van der Waals surface area contributed by atoms with E-state index in [1.54, 1.807) is 6.92 Å². The molecule has 1 aliphatic heterocycles. The Bertz CT molecular complexity index is 774. The lowest BCUT2D eigenvalue weighted by molar-refractivity contribution is 0.0728. The highest BCUT2D eigenvalue weighted by molar-refractivity contribution is 6.02. The van der Waals surface area contributed by atoms with Gasteiger partial charge in [0.2, 0.25) is 0 Å². The highest BCUT2D eigenvalue weighted by Crippen LogP contribution is 2.25. The number of aryl methyl sites for hydroxylation is 1. The van der Waals surface area contributed by atoms with Gasteiger partial charge in [-0.05, 0) is 43.4 Å². The number of nitrogens with zero attached hydrogens (tertiary/aromatic N) is 1. The summed E-state index contributed by atoms with van der Waals surface area (Å²) in [5.74, 6) is 0.00518. The van der Waals surface area contributed by atoms with Gasteiger partial charge in [-0.2, -0.15) is 0 Å².